The van der Waals surface area contributed by atoms with Crippen LogP contribution >= 0.6 is 0 Å². The molecule has 0 aliphatic carbocycles. The number of rotatable bonds is 3. The molecule has 10 heavy (non-hydrogen) atoms. The van der Waals surface area contributed by atoms with Gasteiger partial charge >= 0.3 is 0 Å². The molecule has 1 rings (SSSR count). The minimum Gasteiger partial charge on any atom is -0.350 e. The molecule has 0 atom stereocenters. The molecule has 0 unspecified atom stereocenters. The van der Waals surface area contributed by atoms with Crippen molar-refractivity contribution in [3.8, 4) is 12.3 Å². The maximum absolute atomic E-state index is 5.21. The van der Waals surface area contributed by atoms with Crippen molar-refractivity contribution in [2.75, 3.05) is 13.2 Å². The Morgan fingerprint density at radius 3 is 2.70 bits per heavy atom. The molecule has 0 radical (unpaired) electrons. The molecule has 1 fully saturated rings. The van der Waals surface area contributed by atoms with Crippen LogP contribution in [0.5, 0.6) is 0 Å². The Balaban J connectivity index is 1.97. The average Bonchev–Trinajstić information content (AvgIpc) is 2.41. The van der Waals surface area contributed by atoms with Crippen LogP contribution < -0.4 is 0 Å². The Kier molecular flexibility index (Phi) is 3.28. The van der Waals surface area contributed by atoms with Crippen LogP contribution in [-0.4, -0.2) is 19.5 Å². The van der Waals surface area contributed by atoms with Crippen molar-refractivity contribution in [3.63, 3.8) is 0 Å². The van der Waals surface area contributed by atoms with Crippen LogP contribution in [0.3, 0.4) is 0 Å². The maximum atomic E-state index is 5.21. The zero-order valence-corrected chi connectivity index (χ0v) is 6.01. The summed E-state index contributed by atoms with van der Waals surface area (Å²) >= 11 is 0. The molecule has 1 heterocycles. The molecule has 0 bridgehead atoms. The van der Waals surface area contributed by atoms with Crippen LogP contribution in [0.4, 0.5) is 0 Å². The molecular weight excluding hydrogens is 128 g/mol. The molecule has 2 nitrogen and oxygen atoms in total. The zero-order valence-electron chi connectivity index (χ0n) is 6.01. The third-order valence-corrected chi connectivity index (χ3v) is 1.45. The quantitative estimate of drug-likeness (QED) is 0.432. The lowest BCUT2D eigenvalue weighted by Crippen LogP contribution is -2.06. The van der Waals surface area contributed by atoms with E-state index in [0.717, 1.165) is 32.5 Å². The van der Waals surface area contributed by atoms with E-state index < -0.39 is 0 Å². The molecule has 1 aliphatic heterocycles. The topological polar surface area (TPSA) is 18.5 Å². The van der Waals surface area contributed by atoms with E-state index in [4.69, 9.17) is 15.9 Å². The summed E-state index contributed by atoms with van der Waals surface area (Å²) in [7, 11) is 0. The number of unbranched alkanes of at least 4 members (excludes halogenated alkanes) is 1. The van der Waals surface area contributed by atoms with Gasteiger partial charge in [0.2, 0.25) is 0 Å². The van der Waals surface area contributed by atoms with Crippen LogP contribution in [-0.2, 0) is 9.47 Å². The Bertz CT molecular complexity index is 120. The highest BCUT2D eigenvalue weighted by atomic mass is 16.7. The molecule has 0 aromatic rings. The Morgan fingerprint density at radius 2 is 2.10 bits per heavy atom. The lowest BCUT2D eigenvalue weighted by atomic mass is 10.2. The highest BCUT2D eigenvalue weighted by Gasteiger charge is 2.14. The van der Waals surface area contributed by atoms with Gasteiger partial charge in [0.1, 0.15) is 0 Å². The smallest absolute Gasteiger partial charge is 0.157 e. The fourth-order valence-corrected chi connectivity index (χ4v) is 0.945. The largest absolute Gasteiger partial charge is 0.350 e. The first-order chi connectivity index (χ1) is 4.93. The third-order valence-electron chi connectivity index (χ3n) is 1.45. The lowest BCUT2D eigenvalue weighted by Gasteiger charge is -2.05. The molecule has 1 aliphatic rings. The predicted octanol–water partition coefficient (Wildman–Crippen LogP) is 1.16. The summed E-state index contributed by atoms with van der Waals surface area (Å²) in [5.41, 5.74) is 0. The van der Waals surface area contributed by atoms with Crippen molar-refractivity contribution in [2.45, 2.75) is 25.6 Å². The summed E-state index contributed by atoms with van der Waals surface area (Å²) in [5.74, 6) is 2.58. The zero-order chi connectivity index (χ0) is 7.23. The number of ether oxygens (including phenoxy) is 2. The second kappa shape index (κ2) is 4.32. The van der Waals surface area contributed by atoms with Gasteiger partial charge in [0.15, 0.2) is 6.29 Å². The summed E-state index contributed by atoms with van der Waals surface area (Å²) in [4.78, 5) is 0. The SMILES string of the molecule is C#CCCCC1OCCO1. The molecule has 56 valence electrons. The van der Waals surface area contributed by atoms with Crippen molar-refractivity contribution in [2.24, 2.45) is 0 Å². The van der Waals surface area contributed by atoms with Gasteiger partial charge in [-0.15, -0.1) is 12.3 Å². The summed E-state index contributed by atoms with van der Waals surface area (Å²) < 4.78 is 10.4. The van der Waals surface area contributed by atoms with Gasteiger partial charge in [0.25, 0.3) is 0 Å². The van der Waals surface area contributed by atoms with E-state index in [1.807, 2.05) is 0 Å². The molecule has 0 aromatic carbocycles. The molecule has 0 saturated carbocycles. The Labute approximate surface area is 61.5 Å². The summed E-state index contributed by atoms with van der Waals surface area (Å²) in [6.07, 6.45) is 7.86. The number of hydrogen-bond donors (Lipinski definition) is 0. The second-order valence-corrected chi connectivity index (χ2v) is 2.27. The summed E-state index contributed by atoms with van der Waals surface area (Å²) in [6, 6.07) is 0. The van der Waals surface area contributed by atoms with Crippen LogP contribution in [0.2, 0.25) is 0 Å². The molecule has 0 N–H and O–H groups in total. The monoisotopic (exact) mass is 140 g/mol. The van der Waals surface area contributed by atoms with Gasteiger partial charge in [0.05, 0.1) is 13.2 Å². The van der Waals surface area contributed by atoms with Crippen LogP contribution in [0.1, 0.15) is 19.3 Å². The van der Waals surface area contributed by atoms with Crippen molar-refractivity contribution in [1.29, 1.82) is 0 Å². The van der Waals surface area contributed by atoms with Gasteiger partial charge in [-0.2, -0.15) is 0 Å². The van der Waals surface area contributed by atoms with Crippen molar-refractivity contribution in [3.05, 3.63) is 0 Å². The summed E-state index contributed by atoms with van der Waals surface area (Å²) in [5, 5.41) is 0. The average molecular weight is 140 g/mol. The van der Waals surface area contributed by atoms with E-state index in [0.29, 0.717) is 0 Å². The lowest BCUT2D eigenvalue weighted by molar-refractivity contribution is -0.0474. The standard InChI is InChI=1S/C8H12O2/c1-2-3-4-5-8-9-6-7-10-8/h1,8H,3-7H2. The van der Waals surface area contributed by atoms with E-state index >= 15 is 0 Å². The fourth-order valence-electron chi connectivity index (χ4n) is 0.945. The van der Waals surface area contributed by atoms with Gasteiger partial charge in [-0.1, -0.05) is 0 Å². The number of terminal acetylenes is 1. The van der Waals surface area contributed by atoms with Crippen LogP contribution in [0.15, 0.2) is 0 Å². The maximum Gasteiger partial charge on any atom is 0.157 e. The normalized spacial score (nSPS) is 19.1. The number of hydrogen-bond acceptors (Lipinski definition) is 2. The van der Waals surface area contributed by atoms with Crippen LogP contribution in [0, 0.1) is 12.3 Å². The van der Waals surface area contributed by atoms with Crippen molar-refractivity contribution in [1.82, 2.24) is 0 Å². The molecule has 0 aromatic heterocycles. The van der Waals surface area contributed by atoms with Crippen molar-refractivity contribution < 1.29 is 9.47 Å². The van der Waals surface area contributed by atoms with Gasteiger partial charge in [-0.25, -0.2) is 0 Å². The molecule has 0 amide bonds. The van der Waals surface area contributed by atoms with Gasteiger partial charge in [0, 0.05) is 6.42 Å². The van der Waals surface area contributed by atoms with Crippen molar-refractivity contribution >= 4 is 0 Å². The van der Waals surface area contributed by atoms with E-state index in [1.165, 1.54) is 0 Å². The van der Waals surface area contributed by atoms with Gasteiger partial charge < -0.3 is 9.47 Å². The molecule has 1 saturated heterocycles. The molecule has 0 spiro atoms. The van der Waals surface area contributed by atoms with Gasteiger partial charge in [-0.3, -0.25) is 0 Å². The first-order valence-electron chi connectivity index (χ1n) is 3.60. The predicted molar refractivity (Wildman–Crippen MR) is 38.4 cm³/mol. The second-order valence-electron chi connectivity index (χ2n) is 2.27. The van der Waals surface area contributed by atoms with Gasteiger partial charge in [-0.05, 0) is 12.8 Å². The van der Waals surface area contributed by atoms with E-state index in [9.17, 15) is 0 Å². The highest BCUT2D eigenvalue weighted by molar-refractivity contribution is 4.83. The van der Waals surface area contributed by atoms with Crippen LogP contribution in [0.25, 0.3) is 0 Å². The Hall–Kier alpha value is -0.520. The minimum atomic E-state index is 0.0216. The minimum absolute atomic E-state index is 0.0216. The first-order valence-corrected chi connectivity index (χ1v) is 3.60. The van der Waals surface area contributed by atoms with E-state index in [-0.39, 0.29) is 6.29 Å². The molecular formula is C8H12O2. The summed E-state index contributed by atoms with van der Waals surface area (Å²) in [6.45, 7) is 1.47. The first kappa shape index (κ1) is 7.59. The third kappa shape index (κ3) is 2.38. The highest BCUT2D eigenvalue weighted by Crippen LogP contribution is 2.10. The van der Waals surface area contributed by atoms with E-state index in [2.05, 4.69) is 5.92 Å². The molecule has 2 heteroatoms. The Morgan fingerprint density at radius 1 is 1.40 bits per heavy atom. The van der Waals surface area contributed by atoms with E-state index in [1.54, 1.807) is 0 Å². The fraction of sp³-hybridized carbons (Fsp3) is 0.750.